The third-order valence-corrected chi connectivity index (χ3v) is 3.53. The standard InChI is InChI=1S/C15H19N5O/c1-15(2,21)8-9-16-14-17-13-12(18-19-14)10-6-4-5-7-11(10)20(13)3/h4-7,21H,8-9H2,1-3H3,(H,16,17,19). The molecule has 0 radical (unpaired) electrons. The number of nitrogens with zero attached hydrogens (tertiary/aromatic N) is 4. The Morgan fingerprint density at radius 1 is 1.24 bits per heavy atom. The normalized spacial score (nSPS) is 12.2. The van der Waals surface area contributed by atoms with Crippen LogP contribution in [0.25, 0.3) is 22.1 Å². The van der Waals surface area contributed by atoms with Gasteiger partial charge in [0.25, 0.3) is 0 Å². The van der Waals surface area contributed by atoms with Crippen LogP contribution in [0.2, 0.25) is 0 Å². The van der Waals surface area contributed by atoms with Crippen molar-refractivity contribution < 1.29 is 5.11 Å². The van der Waals surface area contributed by atoms with Gasteiger partial charge in [-0.25, -0.2) is 0 Å². The van der Waals surface area contributed by atoms with Crippen molar-refractivity contribution in [3.8, 4) is 0 Å². The Morgan fingerprint density at radius 2 is 2.00 bits per heavy atom. The molecule has 3 rings (SSSR count). The molecule has 110 valence electrons. The summed E-state index contributed by atoms with van der Waals surface area (Å²) < 4.78 is 2.01. The maximum atomic E-state index is 9.71. The second kappa shape index (κ2) is 4.96. The molecule has 0 saturated heterocycles. The Bertz CT molecular complexity index is 788. The van der Waals surface area contributed by atoms with Crippen molar-refractivity contribution in [2.24, 2.45) is 7.05 Å². The number of rotatable bonds is 4. The van der Waals surface area contributed by atoms with E-state index < -0.39 is 5.60 Å². The van der Waals surface area contributed by atoms with Gasteiger partial charge in [0, 0.05) is 19.0 Å². The number of hydrogen-bond acceptors (Lipinski definition) is 5. The summed E-state index contributed by atoms with van der Waals surface area (Å²) in [4.78, 5) is 4.53. The van der Waals surface area contributed by atoms with Gasteiger partial charge >= 0.3 is 0 Å². The molecule has 2 aromatic heterocycles. The van der Waals surface area contributed by atoms with Gasteiger partial charge in [-0.3, -0.25) is 0 Å². The number of benzene rings is 1. The molecule has 2 N–H and O–H groups in total. The third-order valence-electron chi connectivity index (χ3n) is 3.53. The summed E-state index contributed by atoms with van der Waals surface area (Å²) >= 11 is 0. The van der Waals surface area contributed by atoms with Gasteiger partial charge in [-0.15, -0.1) is 10.2 Å². The van der Waals surface area contributed by atoms with Crippen LogP contribution < -0.4 is 5.32 Å². The fourth-order valence-electron chi connectivity index (χ4n) is 2.36. The summed E-state index contributed by atoms with van der Waals surface area (Å²) in [5.41, 5.74) is 1.99. The van der Waals surface area contributed by atoms with E-state index >= 15 is 0 Å². The first-order valence-corrected chi connectivity index (χ1v) is 7.00. The first-order valence-electron chi connectivity index (χ1n) is 7.00. The molecule has 0 aliphatic heterocycles. The maximum absolute atomic E-state index is 9.71. The summed E-state index contributed by atoms with van der Waals surface area (Å²) in [5, 5.41) is 22.3. The first kappa shape index (κ1) is 13.8. The minimum Gasteiger partial charge on any atom is -0.390 e. The van der Waals surface area contributed by atoms with Crippen molar-refractivity contribution >= 4 is 28.0 Å². The van der Waals surface area contributed by atoms with Gasteiger partial charge < -0.3 is 15.0 Å². The molecular formula is C15H19N5O. The smallest absolute Gasteiger partial charge is 0.244 e. The Hall–Kier alpha value is -2.21. The lowest BCUT2D eigenvalue weighted by atomic mass is 10.1. The summed E-state index contributed by atoms with van der Waals surface area (Å²) in [7, 11) is 1.97. The monoisotopic (exact) mass is 285 g/mol. The predicted octanol–water partition coefficient (Wildman–Crippen LogP) is 2.09. The highest BCUT2D eigenvalue weighted by atomic mass is 16.3. The number of fused-ring (bicyclic) bond motifs is 3. The summed E-state index contributed by atoms with van der Waals surface area (Å²) in [6, 6.07) is 8.05. The fourth-order valence-corrected chi connectivity index (χ4v) is 2.36. The molecule has 0 amide bonds. The molecule has 2 heterocycles. The zero-order valence-electron chi connectivity index (χ0n) is 12.5. The number of nitrogens with one attached hydrogen (secondary N) is 1. The van der Waals surface area contributed by atoms with E-state index in [0.29, 0.717) is 18.9 Å². The number of aliphatic hydroxyl groups is 1. The molecule has 0 fully saturated rings. The number of para-hydroxylation sites is 1. The average Bonchev–Trinajstić information content (AvgIpc) is 2.72. The highest BCUT2D eigenvalue weighted by Gasteiger charge is 2.14. The molecule has 21 heavy (non-hydrogen) atoms. The third kappa shape index (κ3) is 2.67. The van der Waals surface area contributed by atoms with E-state index in [2.05, 4.69) is 20.5 Å². The first-order chi connectivity index (χ1) is 9.96. The van der Waals surface area contributed by atoms with Crippen LogP contribution in [0.5, 0.6) is 0 Å². The quantitative estimate of drug-likeness (QED) is 0.767. The van der Waals surface area contributed by atoms with Gasteiger partial charge in [-0.2, -0.15) is 4.98 Å². The second-order valence-electron chi connectivity index (χ2n) is 5.87. The van der Waals surface area contributed by atoms with Crippen LogP contribution in [-0.4, -0.2) is 37.0 Å². The van der Waals surface area contributed by atoms with Crippen molar-refractivity contribution in [3.63, 3.8) is 0 Å². The SMILES string of the molecule is Cn1c2ccccc2c2nnc(NCCC(C)(C)O)nc21. The number of aryl methyl sites for hydroxylation is 1. The summed E-state index contributed by atoms with van der Waals surface area (Å²) in [6.45, 7) is 4.16. The highest BCUT2D eigenvalue weighted by Crippen LogP contribution is 2.24. The van der Waals surface area contributed by atoms with Gasteiger partial charge in [-0.05, 0) is 26.3 Å². The molecule has 1 aromatic carbocycles. The van der Waals surface area contributed by atoms with Gasteiger partial charge in [0.05, 0.1) is 11.1 Å². The summed E-state index contributed by atoms with van der Waals surface area (Å²) in [5.74, 6) is 0.484. The van der Waals surface area contributed by atoms with E-state index in [9.17, 15) is 5.11 Å². The van der Waals surface area contributed by atoms with Gasteiger partial charge in [0.1, 0.15) is 5.52 Å². The van der Waals surface area contributed by atoms with E-state index in [4.69, 9.17) is 0 Å². The molecule has 0 aliphatic rings. The van der Waals surface area contributed by atoms with Crippen molar-refractivity contribution in [3.05, 3.63) is 24.3 Å². The number of anilines is 1. The lowest BCUT2D eigenvalue weighted by molar-refractivity contribution is 0.0748. The number of aromatic nitrogens is 4. The van der Waals surface area contributed by atoms with Crippen LogP contribution in [-0.2, 0) is 7.05 Å². The largest absolute Gasteiger partial charge is 0.390 e. The predicted molar refractivity (Wildman–Crippen MR) is 83.2 cm³/mol. The Morgan fingerprint density at radius 3 is 2.76 bits per heavy atom. The molecule has 0 saturated carbocycles. The van der Waals surface area contributed by atoms with E-state index in [1.54, 1.807) is 13.8 Å². The summed E-state index contributed by atoms with van der Waals surface area (Å²) in [6.07, 6.45) is 0.615. The molecule has 6 nitrogen and oxygen atoms in total. The minimum atomic E-state index is -0.704. The Labute approximate surface area is 122 Å². The molecule has 0 bridgehead atoms. The van der Waals surface area contributed by atoms with E-state index in [0.717, 1.165) is 22.1 Å². The zero-order valence-corrected chi connectivity index (χ0v) is 12.5. The molecule has 6 heteroatoms. The fraction of sp³-hybridized carbons (Fsp3) is 0.400. The van der Waals surface area contributed by atoms with Crippen LogP contribution in [0.15, 0.2) is 24.3 Å². The molecule has 0 atom stereocenters. The van der Waals surface area contributed by atoms with Crippen molar-refractivity contribution in [2.75, 3.05) is 11.9 Å². The zero-order chi connectivity index (χ0) is 15.0. The molecule has 3 aromatic rings. The topological polar surface area (TPSA) is 75.9 Å². The average molecular weight is 285 g/mol. The van der Waals surface area contributed by atoms with Crippen LogP contribution >= 0.6 is 0 Å². The van der Waals surface area contributed by atoms with Crippen LogP contribution in [0.3, 0.4) is 0 Å². The molecule has 0 unspecified atom stereocenters. The van der Waals surface area contributed by atoms with Crippen LogP contribution in [0.4, 0.5) is 5.95 Å². The molecular weight excluding hydrogens is 266 g/mol. The van der Waals surface area contributed by atoms with Crippen molar-refractivity contribution in [2.45, 2.75) is 25.9 Å². The maximum Gasteiger partial charge on any atom is 0.244 e. The van der Waals surface area contributed by atoms with Gasteiger partial charge in [0.2, 0.25) is 5.95 Å². The molecule has 0 spiro atoms. The van der Waals surface area contributed by atoms with Crippen molar-refractivity contribution in [1.82, 2.24) is 19.7 Å². The minimum absolute atomic E-state index is 0.484. The second-order valence-corrected chi connectivity index (χ2v) is 5.87. The van der Waals surface area contributed by atoms with E-state index in [-0.39, 0.29) is 0 Å². The van der Waals surface area contributed by atoms with Crippen molar-refractivity contribution in [1.29, 1.82) is 0 Å². The van der Waals surface area contributed by atoms with Gasteiger partial charge in [0.15, 0.2) is 5.65 Å². The van der Waals surface area contributed by atoms with E-state index in [1.165, 1.54) is 0 Å². The van der Waals surface area contributed by atoms with Crippen LogP contribution in [0, 0.1) is 0 Å². The molecule has 0 aliphatic carbocycles. The van der Waals surface area contributed by atoms with Gasteiger partial charge in [-0.1, -0.05) is 18.2 Å². The Kier molecular flexibility index (Phi) is 3.25. The number of hydrogen-bond donors (Lipinski definition) is 2. The van der Waals surface area contributed by atoms with Crippen LogP contribution in [0.1, 0.15) is 20.3 Å². The lowest BCUT2D eigenvalue weighted by Gasteiger charge is -2.16. The highest BCUT2D eigenvalue weighted by molar-refractivity contribution is 6.04. The lowest BCUT2D eigenvalue weighted by Crippen LogP contribution is -2.23. The Balaban J connectivity index is 1.93. The van der Waals surface area contributed by atoms with E-state index in [1.807, 2.05) is 35.9 Å².